The van der Waals surface area contributed by atoms with Crippen molar-refractivity contribution in [3.63, 3.8) is 0 Å². The van der Waals surface area contributed by atoms with Crippen LogP contribution in [0.5, 0.6) is 0 Å². The van der Waals surface area contributed by atoms with E-state index in [1.165, 1.54) is 12.7 Å². The summed E-state index contributed by atoms with van der Waals surface area (Å²) in [5.74, 6) is 0.978. The van der Waals surface area contributed by atoms with E-state index in [1.54, 1.807) is 46.6 Å². The standard InChI is InChI=1S/C15H18N8O2.C11H10ClN7O.C7H6Cl2N4O.C5H2Cl2N4.C2H6O2.CH4/c16-14-17-7-10(8-18-14)11-12-13(23(1-4-24)9-19-12)21-15(20-11)22-2-5-25-6-3-22;12-10-17-7(6-3-14-11(13)15-4-6)8-9(18-10)19(1-2-20)5-16-8;8-5-4-6(12-7(9)11-5)13(1-2-14)3-10-4;6-3-2-4(9-1-8-2)11-5(7)10-3;3-1-2-4;/h7-9,24H,1-6H2,(H2,16,17,18);3-5,20H,1-2H2,(H2,13,14,15);3,14H,1-2H2;1H,(H,8,9,10,11);3-4H,1-2H2;1H4. The maximum absolute atomic E-state index is 9.28. The number of hydrogen-bond acceptors (Lipinski definition) is 25. The molecular formula is C41H46Cl5N23O6. The Hall–Kier alpha value is -7.03. The molecule has 0 bridgehead atoms. The molecule has 34 heteroatoms. The lowest BCUT2D eigenvalue weighted by atomic mass is 10.2. The minimum Gasteiger partial charge on any atom is -0.395 e. The fourth-order valence-electron chi connectivity index (χ4n) is 6.55. The van der Waals surface area contributed by atoms with Gasteiger partial charge in [-0.2, -0.15) is 19.9 Å². The molecule has 1 fully saturated rings. The predicted molar refractivity (Wildman–Crippen MR) is 279 cm³/mol. The van der Waals surface area contributed by atoms with Crippen molar-refractivity contribution in [2.45, 2.75) is 27.1 Å². The summed E-state index contributed by atoms with van der Waals surface area (Å²) in [6, 6.07) is 0. The van der Waals surface area contributed by atoms with Crippen LogP contribution in [-0.4, -0.2) is 183 Å². The lowest BCUT2D eigenvalue weighted by Crippen LogP contribution is -2.37. The molecule has 10 N–H and O–H groups in total. The van der Waals surface area contributed by atoms with Crippen LogP contribution in [-0.2, 0) is 24.4 Å². The van der Waals surface area contributed by atoms with E-state index >= 15 is 0 Å². The monoisotopic (exact) mass is 1130 g/mol. The van der Waals surface area contributed by atoms with Crippen LogP contribution in [0.2, 0.25) is 26.2 Å². The first-order chi connectivity index (χ1) is 35.8. The number of rotatable bonds is 10. The fraction of sp³-hybridized carbons (Fsp3) is 0.317. The van der Waals surface area contributed by atoms with E-state index in [1.807, 2.05) is 4.57 Å². The number of morpholine rings is 1. The Morgan fingerprint density at radius 2 is 0.947 bits per heavy atom. The van der Waals surface area contributed by atoms with Gasteiger partial charge in [0.05, 0.1) is 71.6 Å². The lowest BCUT2D eigenvalue weighted by Gasteiger charge is -2.27. The second kappa shape index (κ2) is 27.5. The number of ether oxygens (including phenoxy) is 1. The number of nitrogen functional groups attached to an aromatic ring is 2. The zero-order valence-electron chi connectivity index (χ0n) is 38.2. The molecule has 1 aliphatic rings. The summed E-state index contributed by atoms with van der Waals surface area (Å²) in [6.45, 7) is 3.64. The molecule has 1 saturated heterocycles. The highest BCUT2D eigenvalue weighted by molar-refractivity contribution is 6.35. The minimum absolute atomic E-state index is 0. The van der Waals surface area contributed by atoms with E-state index < -0.39 is 0 Å². The lowest BCUT2D eigenvalue weighted by molar-refractivity contribution is 0.122. The molecule has 0 saturated carbocycles. The number of H-pyrrole nitrogens is 1. The van der Waals surface area contributed by atoms with Crippen LogP contribution >= 0.6 is 58.0 Å². The maximum atomic E-state index is 9.28. The molecule has 0 unspecified atom stereocenters. The quantitative estimate of drug-likeness (QED) is 0.0720. The van der Waals surface area contributed by atoms with Gasteiger partial charge in [0, 0.05) is 68.6 Å². The third-order valence-corrected chi connectivity index (χ3v) is 10.8. The van der Waals surface area contributed by atoms with Crippen molar-refractivity contribution in [2.24, 2.45) is 0 Å². The number of aliphatic hydroxyl groups is 5. The van der Waals surface area contributed by atoms with E-state index in [0.29, 0.717) is 106 Å². The van der Waals surface area contributed by atoms with E-state index in [4.69, 9.17) is 99.6 Å². The molecule has 0 amide bonds. The van der Waals surface area contributed by atoms with Crippen LogP contribution in [0.25, 0.3) is 67.2 Å². The third kappa shape index (κ3) is 14.4. The molecule has 0 spiro atoms. The fourth-order valence-corrected chi connectivity index (χ4v) is 7.56. The van der Waals surface area contributed by atoms with Crippen molar-refractivity contribution >= 4 is 121 Å². The van der Waals surface area contributed by atoms with Gasteiger partial charge in [0.2, 0.25) is 33.7 Å². The summed E-state index contributed by atoms with van der Waals surface area (Å²) in [7, 11) is 0. The summed E-state index contributed by atoms with van der Waals surface area (Å²) < 4.78 is 10.6. The molecule has 1 aliphatic heterocycles. The van der Waals surface area contributed by atoms with Gasteiger partial charge in [-0.15, -0.1) is 0 Å². The Morgan fingerprint density at radius 3 is 1.45 bits per heavy atom. The Balaban J connectivity index is 0.000000164. The van der Waals surface area contributed by atoms with Gasteiger partial charge in [-0.25, -0.2) is 59.8 Å². The number of aromatic nitrogens is 20. The van der Waals surface area contributed by atoms with Crippen molar-refractivity contribution in [1.29, 1.82) is 0 Å². The van der Waals surface area contributed by atoms with Gasteiger partial charge < -0.3 is 65.3 Å². The van der Waals surface area contributed by atoms with Gasteiger partial charge in [0.15, 0.2) is 32.9 Å². The summed E-state index contributed by atoms with van der Waals surface area (Å²) >= 11 is 28.6. The van der Waals surface area contributed by atoms with Crippen LogP contribution in [0.4, 0.5) is 17.8 Å². The molecule has 75 heavy (non-hydrogen) atoms. The van der Waals surface area contributed by atoms with Crippen molar-refractivity contribution in [3.05, 3.63) is 76.3 Å². The summed E-state index contributed by atoms with van der Waals surface area (Å²) in [5, 5.41) is 43.1. The first-order valence-electron chi connectivity index (χ1n) is 21.6. The Bertz CT molecular complexity index is 3410. The van der Waals surface area contributed by atoms with Crippen molar-refractivity contribution in [2.75, 3.05) is 75.7 Å². The Kier molecular flexibility index (Phi) is 21.0. The predicted octanol–water partition coefficient (Wildman–Crippen LogP) is 2.60. The summed E-state index contributed by atoms with van der Waals surface area (Å²) in [6.07, 6.45) is 12.6. The van der Waals surface area contributed by atoms with Crippen molar-refractivity contribution in [3.8, 4) is 22.5 Å². The van der Waals surface area contributed by atoms with E-state index in [9.17, 15) is 5.11 Å². The van der Waals surface area contributed by atoms with Crippen LogP contribution in [0, 0.1) is 0 Å². The molecule has 11 heterocycles. The number of imidazole rings is 4. The normalized spacial score (nSPS) is 12.0. The van der Waals surface area contributed by atoms with Crippen LogP contribution < -0.4 is 16.4 Å². The average Bonchev–Trinajstić information content (AvgIpc) is 4.23. The number of hydrogen-bond donors (Lipinski definition) is 8. The topological polar surface area (TPSA) is 402 Å². The summed E-state index contributed by atoms with van der Waals surface area (Å²) in [5.41, 5.74) is 18.1. The Morgan fingerprint density at radius 1 is 0.507 bits per heavy atom. The second-order valence-corrected chi connectivity index (χ2v) is 16.3. The zero-order chi connectivity index (χ0) is 52.7. The molecule has 10 aromatic rings. The first kappa shape index (κ1) is 57.3. The maximum Gasteiger partial charge on any atom is 0.228 e. The van der Waals surface area contributed by atoms with Gasteiger partial charge in [-0.1, -0.05) is 30.6 Å². The van der Waals surface area contributed by atoms with Crippen molar-refractivity contribution < 1.29 is 30.3 Å². The molecule has 0 aromatic carbocycles. The third-order valence-electron chi connectivity index (χ3n) is 9.80. The number of nitrogens with zero attached hydrogens (tertiary/aromatic N) is 20. The van der Waals surface area contributed by atoms with E-state index in [2.05, 4.69) is 84.6 Å². The minimum atomic E-state index is -0.125. The molecular weight excluding hydrogens is 1090 g/mol. The number of aliphatic hydroxyl groups excluding tert-OH is 5. The van der Waals surface area contributed by atoms with Crippen molar-refractivity contribution in [1.82, 2.24) is 98.4 Å². The number of anilines is 3. The highest BCUT2D eigenvalue weighted by atomic mass is 35.5. The van der Waals surface area contributed by atoms with Crippen LogP contribution in [0.1, 0.15) is 7.43 Å². The molecule has 0 aliphatic carbocycles. The average molecular weight is 1130 g/mol. The SMILES string of the molecule is C.Clc1nc(Cl)c2[nH]cnc2n1.Nc1ncc(-c2nc(Cl)nc3c2ncn3CCO)cn1.Nc1ncc(-c2nc(N3CCOCC3)nc3c2ncn3CCO)cn1.OCCO.OCCn1cnc2c(Cl)nc(Cl)nc21. The van der Waals surface area contributed by atoms with E-state index in [-0.39, 0.29) is 78.5 Å². The molecule has 0 radical (unpaired) electrons. The second-order valence-electron chi connectivity index (χ2n) is 14.6. The number of nitrogens with one attached hydrogen (secondary N) is 1. The zero-order valence-corrected chi connectivity index (χ0v) is 42.0. The van der Waals surface area contributed by atoms with Gasteiger partial charge in [-0.05, 0) is 34.8 Å². The molecule has 396 valence electrons. The van der Waals surface area contributed by atoms with Gasteiger partial charge >= 0.3 is 0 Å². The van der Waals surface area contributed by atoms with Gasteiger partial charge in [-0.3, -0.25) is 0 Å². The summed E-state index contributed by atoms with van der Waals surface area (Å²) in [4.78, 5) is 70.3. The largest absolute Gasteiger partial charge is 0.395 e. The van der Waals surface area contributed by atoms with Gasteiger partial charge in [0.25, 0.3) is 0 Å². The number of fused-ring (bicyclic) bond motifs is 4. The molecule has 10 aromatic heterocycles. The van der Waals surface area contributed by atoms with Gasteiger partial charge in [0.1, 0.15) is 33.5 Å². The highest BCUT2D eigenvalue weighted by Crippen LogP contribution is 2.28. The number of halogens is 5. The highest BCUT2D eigenvalue weighted by Gasteiger charge is 2.21. The molecule has 11 rings (SSSR count). The smallest absolute Gasteiger partial charge is 0.228 e. The van der Waals surface area contributed by atoms with Crippen LogP contribution in [0.15, 0.2) is 50.1 Å². The number of nitrogens with two attached hydrogens (primary N) is 2. The Labute approximate surface area is 448 Å². The van der Waals surface area contributed by atoms with Crippen LogP contribution in [0.3, 0.4) is 0 Å². The number of aromatic amines is 1. The molecule has 0 atom stereocenters. The first-order valence-corrected chi connectivity index (χ1v) is 23.4. The molecule has 29 nitrogen and oxygen atoms in total. The van der Waals surface area contributed by atoms with E-state index in [0.717, 1.165) is 13.1 Å².